The summed E-state index contributed by atoms with van der Waals surface area (Å²) in [6.45, 7) is 15.1. The van der Waals surface area contributed by atoms with E-state index in [9.17, 15) is 67.4 Å². The van der Waals surface area contributed by atoms with Gasteiger partial charge in [-0.1, -0.05) is 59.6 Å². The molecular weight excluding hydrogens is 1550 g/mol. The molecule has 678 valence electrons. The highest BCUT2D eigenvalue weighted by Gasteiger charge is 2.24. The van der Waals surface area contributed by atoms with Crippen molar-refractivity contribution in [2.45, 2.75) is 150 Å². The van der Waals surface area contributed by atoms with Crippen molar-refractivity contribution >= 4 is 89.5 Å². The van der Waals surface area contributed by atoms with Gasteiger partial charge in [0.25, 0.3) is 12.9 Å². The molecule has 117 heavy (non-hydrogen) atoms. The lowest BCUT2D eigenvalue weighted by molar-refractivity contribution is -0.139. The van der Waals surface area contributed by atoms with Crippen LogP contribution in [0.1, 0.15) is 144 Å². The first-order valence-electron chi connectivity index (χ1n) is 40.9. The standard InChI is InChI=1S/C67H121N13O24.C10H21NS.CH4/c1-3-54(65(68)92)12-4-7-19-72-62(88)47-99-40-38-97-35-23-75-63(89)48-100-41-37-95-33-21-73-60(86)17-10-16-59(85)71-18-8-5-13-55(67(94)76-20-9-6-15-58(70-2)66(69)93)42-57(84)46-102-53-101-32-11-14-56(83)45-98-39-36-96-34-22-74-61(87)43-77-24-25-78(44-64(90)91)27-29-80(50-104-52-82)31-30-79(28-26-77)49-103-51-81;1-3-5-6-7-9-12-10-8-11-4-2;/h51-52,54-55,58,70H,3-50,53H2,1-2H3,(H2,68,92)(H2,69,93)(H,71,85)(H,72,88)(H,73,86)(H,74,87)(H,75,89)(H,76,94)(H,90,91);6-7,11H,3-5,8-10H2,1-2H3;1H4/t54-,55+,58-;;/m0../s1. The molecule has 8 amide bonds. The summed E-state index contributed by atoms with van der Waals surface area (Å²) in [6, 6.07) is -0.489. The number of hydrogen-bond donors (Lipinski definition) is 11. The second-order valence-electron chi connectivity index (χ2n) is 27.2. The SMILES string of the molecule is C.CCCC=CCSCCNCC.CC[C@@H](CCCCNC(=O)COCCOCCNC(=O)COCCOCCNC(=O)CCCC(=O)NCCCC[C@H](CC(=O)COCOCCCC(=O)COCCOCCNC(=O)CN1CCN(COC=O)CCN(COC=O)CCN(CC(=O)O)CC1)C(=O)NCCCC[C@H](NC)C(N)=O)C(N)=O. The molecule has 39 heteroatoms. The van der Waals surface area contributed by atoms with Crippen LogP contribution < -0.4 is 54.0 Å². The molecule has 1 aliphatic heterocycles. The Morgan fingerprint density at radius 1 is 0.453 bits per heavy atom. The Bertz CT molecular complexity index is 2650. The van der Waals surface area contributed by atoms with Gasteiger partial charge in [0.1, 0.15) is 46.7 Å². The molecule has 1 saturated heterocycles. The number of ether oxygens (including phenoxy) is 10. The van der Waals surface area contributed by atoms with Crippen molar-refractivity contribution in [3.63, 3.8) is 0 Å². The van der Waals surface area contributed by atoms with Crippen molar-refractivity contribution in [2.75, 3.05) is 249 Å². The topological polar surface area (TPSA) is 496 Å². The van der Waals surface area contributed by atoms with E-state index >= 15 is 0 Å². The van der Waals surface area contributed by atoms with Crippen LogP contribution in [0.15, 0.2) is 12.2 Å². The van der Waals surface area contributed by atoms with Crippen molar-refractivity contribution in [3.05, 3.63) is 12.2 Å². The smallest absolute Gasteiger partial charge is 0.317 e. The average Bonchev–Trinajstić information content (AvgIpc) is 0.910. The van der Waals surface area contributed by atoms with Crippen LogP contribution in [0, 0.1) is 11.8 Å². The predicted octanol–water partition coefficient (Wildman–Crippen LogP) is -0.147. The van der Waals surface area contributed by atoms with E-state index in [4.69, 9.17) is 58.8 Å². The van der Waals surface area contributed by atoms with Gasteiger partial charge < -0.3 is 106 Å². The largest absolute Gasteiger partial charge is 0.480 e. The van der Waals surface area contributed by atoms with Crippen molar-refractivity contribution in [1.29, 1.82) is 0 Å². The van der Waals surface area contributed by atoms with Gasteiger partial charge >= 0.3 is 5.97 Å². The van der Waals surface area contributed by atoms with Crippen LogP contribution in [0.25, 0.3) is 0 Å². The fraction of sp³-hybridized carbons (Fsp3) is 0.808. The third kappa shape index (κ3) is 72.8. The minimum atomic E-state index is -1.00. The number of nitrogens with one attached hydrogen (secondary N) is 8. The summed E-state index contributed by atoms with van der Waals surface area (Å²) in [7, 11) is 1.64. The number of primary amides is 2. The van der Waals surface area contributed by atoms with Gasteiger partial charge in [0.15, 0.2) is 11.6 Å². The van der Waals surface area contributed by atoms with E-state index in [0.717, 1.165) is 25.9 Å². The van der Waals surface area contributed by atoms with Crippen molar-refractivity contribution in [3.8, 4) is 0 Å². The number of thioether (sulfide) groups is 1. The summed E-state index contributed by atoms with van der Waals surface area (Å²) >= 11 is 1.99. The second-order valence-corrected chi connectivity index (χ2v) is 28.4. The Labute approximate surface area is 697 Å². The summed E-state index contributed by atoms with van der Waals surface area (Å²) < 4.78 is 53.3. The number of Topliss-reactive ketones (excluding diaryl/α,β-unsaturated/α-hetero) is 2. The van der Waals surface area contributed by atoms with Gasteiger partial charge in [-0.3, -0.25) is 81.9 Å². The number of ketones is 2. The minimum Gasteiger partial charge on any atom is -0.480 e. The Balaban J connectivity index is 0. The fourth-order valence-electron chi connectivity index (χ4n) is 11.0. The number of unbranched alkanes of at least 4 members (excludes halogenated alkanes) is 4. The number of carbonyl (C=O) groups is 13. The number of carboxylic acid groups (broad SMARTS) is 1. The molecule has 1 fully saturated rings. The Hall–Kier alpha value is -6.96. The first-order valence-corrected chi connectivity index (χ1v) is 42.0. The van der Waals surface area contributed by atoms with Gasteiger partial charge in [-0.25, -0.2) is 0 Å². The molecule has 0 aromatic rings. The number of allylic oxidation sites excluding steroid dienone is 1. The summed E-state index contributed by atoms with van der Waals surface area (Å²) in [5.41, 5.74) is 10.8. The normalized spacial score (nSPS) is 13.8. The molecule has 3 atom stereocenters. The zero-order valence-corrected chi connectivity index (χ0v) is 70.4. The molecule has 38 nitrogen and oxygen atoms in total. The molecule has 0 spiro atoms. The third-order valence-corrected chi connectivity index (χ3v) is 18.5. The van der Waals surface area contributed by atoms with Crippen molar-refractivity contribution < 1.29 is 115 Å². The minimum absolute atomic E-state index is 0. The van der Waals surface area contributed by atoms with E-state index in [-0.39, 0.29) is 237 Å². The Kier molecular flexibility index (Phi) is 78.0. The molecule has 0 aromatic heterocycles. The van der Waals surface area contributed by atoms with Crippen molar-refractivity contribution in [1.82, 2.24) is 62.1 Å². The quantitative estimate of drug-likeness (QED) is 0.0163. The van der Waals surface area contributed by atoms with Crippen LogP contribution in [-0.2, 0) is 110 Å². The van der Waals surface area contributed by atoms with Gasteiger partial charge in [0, 0.05) is 154 Å². The second kappa shape index (κ2) is 81.4. The van der Waals surface area contributed by atoms with E-state index < -0.39 is 23.8 Å². The van der Waals surface area contributed by atoms with E-state index in [1.54, 1.807) is 11.9 Å². The maximum absolute atomic E-state index is 13.3. The average molecular weight is 1700 g/mol. The van der Waals surface area contributed by atoms with Crippen LogP contribution in [0.4, 0.5) is 0 Å². The monoisotopic (exact) mass is 1700 g/mol. The number of nitrogens with zero attached hydrogens (tertiary/aromatic N) is 4. The van der Waals surface area contributed by atoms with Crippen molar-refractivity contribution in [2.24, 2.45) is 23.3 Å². The maximum Gasteiger partial charge on any atom is 0.317 e. The lowest BCUT2D eigenvalue weighted by Gasteiger charge is -2.33. The lowest BCUT2D eigenvalue weighted by atomic mass is 9.95. The third-order valence-electron chi connectivity index (χ3n) is 17.6. The highest BCUT2D eigenvalue weighted by Crippen LogP contribution is 2.16. The molecule has 0 unspecified atom stereocenters. The number of carbonyl (C=O) groups excluding carboxylic acids is 12. The van der Waals surface area contributed by atoms with Gasteiger partial charge in [-0.05, 0) is 84.2 Å². The number of hydrogen-bond acceptors (Lipinski definition) is 30. The van der Waals surface area contributed by atoms with Crippen LogP contribution in [0.3, 0.4) is 0 Å². The molecule has 0 radical (unpaired) electrons. The fourth-order valence-corrected chi connectivity index (χ4v) is 11.7. The number of likely N-dealkylation sites (N-methyl/N-ethyl adjacent to an activating group) is 1. The van der Waals surface area contributed by atoms with Crippen LogP contribution in [0.2, 0.25) is 0 Å². The summed E-state index contributed by atoms with van der Waals surface area (Å²) in [6.07, 6.45) is 14.1. The Morgan fingerprint density at radius 2 is 0.923 bits per heavy atom. The zero-order chi connectivity index (χ0) is 85.5. The Morgan fingerprint density at radius 3 is 1.43 bits per heavy atom. The molecule has 13 N–H and O–H groups in total. The first-order chi connectivity index (χ1) is 56.2. The molecule has 0 aliphatic carbocycles. The van der Waals surface area contributed by atoms with E-state index in [0.29, 0.717) is 149 Å². The number of carboxylic acids is 1. The van der Waals surface area contributed by atoms with Crippen LogP contribution in [-0.4, -0.2) is 358 Å². The van der Waals surface area contributed by atoms with E-state index in [1.165, 1.54) is 24.3 Å². The molecule has 1 aliphatic rings. The molecule has 0 saturated carbocycles. The van der Waals surface area contributed by atoms with Gasteiger partial charge in [0.2, 0.25) is 47.3 Å². The maximum atomic E-state index is 13.3. The first kappa shape index (κ1) is 112. The summed E-state index contributed by atoms with van der Waals surface area (Å²) in [5, 5.41) is 32.4. The molecular formula is C78H146N14O24S. The van der Waals surface area contributed by atoms with Gasteiger partial charge in [-0.2, -0.15) is 11.8 Å². The highest BCUT2D eigenvalue weighted by atomic mass is 32.2. The highest BCUT2D eigenvalue weighted by molar-refractivity contribution is 7.99. The predicted molar refractivity (Wildman–Crippen MR) is 442 cm³/mol. The molecule has 1 heterocycles. The number of aliphatic carboxylic acids is 1. The van der Waals surface area contributed by atoms with Crippen LogP contribution in [0.5, 0.6) is 0 Å². The summed E-state index contributed by atoms with van der Waals surface area (Å²) in [5.74, 6) is -2.30. The van der Waals surface area contributed by atoms with E-state index in [1.807, 2.05) is 33.4 Å². The lowest BCUT2D eigenvalue weighted by Crippen LogP contribution is -2.49. The summed E-state index contributed by atoms with van der Waals surface area (Å²) in [4.78, 5) is 164. The van der Waals surface area contributed by atoms with Gasteiger partial charge in [-0.15, -0.1) is 0 Å². The molecule has 0 bridgehead atoms. The molecule has 0 aromatic carbocycles. The zero-order valence-electron chi connectivity index (χ0n) is 69.6. The van der Waals surface area contributed by atoms with Gasteiger partial charge in [0.05, 0.1) is 78.6 Å². The number of amides is 8. The number of rotatable bonds is 76. The van der Waals surface area contributed by atoms with E-state index in [2.05, 4.69) is 68.5 Å². The molecule has 1 rings (SSSR count). The number of nitrogens with two attached hydrogens (primary N) is 2. The van der Waals surface area contributed by atoms with Crippen LogP contribution >= 0.6 is 11.8 Å².